The van der Waals surface area contributed by atoms with Crippen molar-refractivity contribution in [1.29, 1.82) is 0 Å². The molecule has 0 spiro atoms. The topological polar surface area (TPSA) is 102 Å². The van der Waals surface area contributed by atoms with E-state index in [1.165, 1.54) is 6.42 Å². The molecule has 0 saturated heterocycles. The Bertz CT molecular complexity index is 626. The highest BCUT2D eigenvalue weighted by Crippen LogP contribution is 2.26. The molecular formula is C13H19BrN2O4S. The average molecular weight is 379 g/mol. The molecule has 0 aliphatic heterocycles. The molecule has 0 radical (unpaired) electrons. The summed E-state index contributed by atoms with van der Waals surface area (Å²) >= 11 is 2.96. The number of halogens is 1. The van der Waals surface area contributed by atoms with Crippen molar-refractivity contribution < 1.29 is 17.6 Å². The number of nitrogens with two attached hydrogens (primary N) is 1. The SMILES string of the molecule is CC1CCCC(NC(=O)c2cc(S(N)(=O)=O)c(Br)o2)CC1. The number of hydrogen-bond acceptors (Lipinski definition) is 4. The van der Waals surface area contributed by atoms with Crippen LogP contribution in [0, 0.1) is 5.92 Å². The molecule has 21 heavy (non-hydrogen) atoms. The lowest BCUT2D eigenvalue weighted by molar-refractivity contribution is 0.0903. The molecule has 8 heteroatoms. The predicted molar refractivity (Wildman–Crippen MR) is 81.3 cm³/mol. The first-order valence-electron chi connectivity index (χ1n) is 6.90. The summed E-state index contributed by atoms with van der Waals surface area (Å²) < 4.78 is 27.7. The zero-order valence-corrected chi connectivity index (χ0v) is 14.2. The van der Waals surface area contributed by atoms with Gasteiger partial charge in [0.25, 0.3) is 5.91 Å². The molecule has 3 N–H and O–H groups in total. The van der Waals surface area contributed by atoms with Crippen LogP contribution in [0.25, 0.3) is 0 Å². The molecule has 0 aromatic carbocycles. The molecule has 1 heterocycles. The zero-order chi connectivity index (χ0) is 15.6. The van der Waals surface area contributed by atoms with Crippen molar-refractivity contribution in [3.8, 4) is 0 Å². The first kappa shape index (κ1) is 16.5. The Balaban J connectivity index is 2.07. The van der Waals surface area contributed by atoms with Gasteiger partial charge in [-0.05, 0) is 41.1 Å². The van der Waals surface area contributed by atoms with Crippen LogP contribution in [0.15, 0.2) is 20.0 Å². The molecule has 1 fully saturated rings. The summed E-state index contributed by atoms with van der Waals surface area (Å²) in [7, 11) is -3.91. The minimum atomic E-state index is -3.91. The van der Waals surface area contributed by atoms with Crippen molar-refractivity contribution in [2.45, 2.75) is 50.0 Å². The van der Waals surface area contributed by atoms with Crippen LogP contribution in [0.4, 0.5) is 0 Å². The maximum Gasteiger partial charge on any atom is 0.287 e. The maximum absolute atomic E-state index is 12.1. The molecule has 0 bridgehead atoms. The fraction of sp³-hybridized carbons (Fsp3) is 0.615. The molecule has 6 nitrogen and oxygen atoms in total. The fourth-order valence-electron chi connectivity index (χ4n) is 2.55. The van der Waals surface area contributed by atoms with Gasteiger partial charge in [0.05, 0.1) is 0 Å². The van der Waals surface area contributed by atoms with Gasteiger partial charge in [-0.25, -0.2) is 13.6 Å². The lowest BCUT2D eigenvalue weighted by Gasteiger charge is -2.15. The number of carbonyl (C=O) groups excluding carboxylic acids is 1. The molecule has 2 atom stereocenters. The quantitative estimate of drug-likeness (QED) is 0.787. The third kappa shape index (κ3) is 4.31. The second-order valence-corrected chi connectivity index (χ2v) is 7.83. The minimum Gasteiger partial charge on any atom is -0.443 e. The molecule has 1 aliphatic rings. The molecule has 118 valence electrons. The van der Waals surface area contributed by atoms with Gasteiger partial charge in [0.2, 0.25) is 10.0 Å². The van der Waals surface area contributed by atoms with E-state index in [4.69, 9.17) is 9.56 Å². The van der Waals surface area contributed by atoms with Gasteiger partial charge in [-0.3, -0.25) is 4.79 Å². The van der Waals surface area contributed by atoms with Crippen LogP contribution in [-0.2, 0) is 10.0 Å². The van der Waals surface area contributed by atoms with Gasteiger partial charge in [-0.15, -0.1) is 0 Å². The lowest BCUT2D eigenvalue weighted by Crippen LogP contribution is -2.34. The van der Waals surface area contributed by atoms with Gasteiger partial charge in [0.15, 0.2) is 10.4 Å². The van der Waals surface area contributed by atoms with Crippen molar-refractivity contribution in [2.24, 2.45) is 11.1 Å². The van der Waals surface area contributed by atoms with E-state index in [9.17, 15) is 13.2 Å². The second-order valence-electron chi connectivity index (χ2n) is 5.58. The van der Waals surface area contributed by atoms with Gasteiger partial charge in [0, 0.05) is 12.1 Å². The highest BCUT2D eigenvalue weighted by molar-refractivity contribution is 9.10. The second kappa shape index (κ2) is 6.50. The molecule has 1 saturated carbocycles. The normalized spacial score (nSPS) is 23.6. The monoisotopic (exact) mass is 378 g/mol. The van der Waals surface area contributed by atoms with Crippen molar-refractivity contribution in [1.82, 2.24) is 5.32 Å². The summed E-state index contributed by atoms with van der Waals surface area (Å²) in [6.45, 7) is 2.21. The number of furan rings is 1. The fourth-order valence-corrected chi connectivity index (χ4v) is 4.05. The Labute approximate surface area is 132 Å². The van der Waals surface area contributed by atoms with E-state index >= 15 is 0 Å². The number of amides is 1. The molecule has 1 aliphatic carbocycles. The minimum absolute atomic E-state index is 0.0513. The number of primary sulfonamides is 1. The molecule has 1 aromatic heterocycles. The summed E-state index contributed by atoms with van der Waals surface area (Å²) in [5, 5.41) is 7.94. The van der Waals surface area contributed by atoms with E-state index in [1.54, 1.807) is 0 Å². The van der Waals surface area contributed by atoms with Crippen LogP contribution in [0.2, 0.25) is 0 Å². The highest BCUT2D eigenvalue weighted by Gasteiger charge is 2.24. The number of carbonyl (C=O) groups is 1. The van der Waals surface area contributed by atoms with Gasteiger partial charge in [-0.2, -0.15) is 0 Å². The third-order valence-electron chi connectivity index (χ3n) is 3.78. The molecule has 2 unspecified atom stereocenters. The van der Waals surface area contributed by atoms with Crippen LogP contribution in [0.1, 0.15) is 49.6 Å². The van der Waals surface area contributed by atoms with Gasteiger partial charge in [-0.1, -0.05) is 19.8 Å². The van der Waals surface area contributed by atoms with E-state index in [1.807, 2.05) is 0 Å². The standard InChI is InChI=1S/C13H19BrN2O4S/c1-8-3-2-4-9(6-5-8)16-13(17)10-7-11(12(14)20-10)21(15,18)19/h7-9H,2-6H2,1H3,(H,16,17)(H2,15,18,19). The Morgan fingerprint density at radius 3 is 2.71 bits per heavy atom. The van der Waals surface area contributed by atoms with Crippen molar-refractivity contribution in [3.63, 3.8) is 0 Å². The molecule has 2 rings (SSSR count). The zero-order valence-electron chi connectivity index (χ0n) is 11.8. The Hall–Kier alpha value is -0.860. The summed E-state index contributed by atoms with van der Waals surface area (Å²) in [4.78, 5) is 11.9. The number of hydrogen-bond donors (Lipinski definition) is 2. The lowest BCUT2D eigenvalue weighted by atomic mass is 10.0. The summed E-state index contributed by atoms with van der Waals surface area (Å²) in [5.41, 5.74) is 0. The molecular weight excluding hydrogens is 360 g/mol. The van der Waals surface area contributed by atoms with Crippen LogP contribution >= 0.6 is 15.9 Å². The van der Waals surface area contributed by atoms with Crippen molar-refractivity contribution >= 4 is 31.9 Å². The summed E-state index contributed by atoms with van der Waals surface area (Å²) in [5.74, 6) is 0.215. The van der Waals surface area contributed by atoms with E-state index in [0.29, 0.717) is 5.92 Å². The number of rotatable bonds is 3. The first-order valence-corrected chi connectivity index (χ1v) is 9.24. The first-order chi connectivity index (χ1) is 9.77. The average Bonchev–Trinajstić information content (AvgIpc) is 2.66. The van der Waals surface area contributed by atoms with E-state index < -0.39 is 15.9 Å². The maximum atomic E-state index is 12.1. The van der Waals surface area contributed by atoms with Gasteiger partial charge in [0.1, 0.15) is 4.90 Å². The predicted octanol–water partition coefficient (Wildman–Crippen LogP) is 2.39. The van der Waals surface area contributed by atoms with Gasteiger partial charge < -0.3 is 9.73 Å². The summed E-state index contributed by atoms with van der Waals surface area (Å²) in [6.07, 6.45) is 5.19. The van der Waals surface area contributed by atoms with Crippen molar-refractivity contribution in [3.05, 3.63) is 16.5 Å². The molecule has 1 amide bonds. The number of nitrogens with one attached hydrogen (secondary N) is 1. The van der Waals surface area contributed by atoms with Crippen LogP contribution in [0.3, 0.4) is 0 Å². The number of sulfonamides is 1. The Kier molecular flexibility index (Phi) is 5.11. The largest absolute Gasteiger partial charge is 0.443 e. The van der Waals surface area contributed by atoms with Crippen molar-refractivity contribution in [2.75, 3.05) is 0 Å². The highest BCUT2D eigenvalue weighted by atomic mass is 79.9. The van der Waals surface area contributed by atoms with Gasteiger partial charge >= 0.3 is 0 Å². The smallest absolute Gasteiger partial charge is 0.287 e. The van der Waals surface area contributed by atoms with E-state index in [-0.39, 0.29) is 21.4 Å². The Morgan fingerprint density at radius 1 is 1.38 bits per heavy atom. The summed E-state index contributed by atoms with van der Waals surface area (Å²) in [6, 6.07) is 1.25. The van der Waals surface area contributed by atoms with E-state index in [0.717, 1.165) is 31.7 Å². The van der Waals surface area contributed by atoms with Crippen LogP contribution in [0.5, 0.6) is 0 Å². The van der Waals surface area contributed by atoms with Crippen LogP contribution in [-0.4, -0.2) is 20.4 Å². The molecule has 1 aromatic rings. The third-order valence-corrected chi connectivity index (χ3v) is 5.55. The van der Waals surface area contributed by atoms with Crippen LogP contribution < -0.4 is 10.5 Å². The Morgan fingerprint density at radius 2 is 2.10 bits per heavy atom. The van der Waals surface area contributed by atoms with E-state index in [2.05, 4.69) is 28.2 Å².